The zero-order valence-electron chi connectivity index (χ0n) is 8.88. The van der Waals surface area contributed by atoms with E-state index in [0.29, 0.717) is 6.42 Å². The Kier molecular flexibility index (Phi) is 2.82. The summed E-state index contributed by atoms with van der Waals surface area (Å²) in [7, 11) is 0. The van der Waals surface area contributed by atoms with Gasteiger partial charge in [0.25, 0.3) is 5.91 Å². The van der Waals surface area contributed by atoms with Gasteiger partial charge in [-0.15, -0.1) is 0 Å². The number of amides is 1. The van der Waals surface area contributed by atoms with Crippen molar-refractivity contribution in [1.82, 2.24) is 5.32 Å². The highest BCUT2D eigenvalue weighted by atomic mass is 16.4. The first-order chi connectivity index (χ1) is 8.09. The molecule has 5 heteroatoms. The Bertz CT molecular complexity index is 492. The molecule has 0 saturated heterocycles. The molecular weight excluding hydrogens is 222 g/mol. The van der Waals surface area contributed by atoms with Crippen molar-refractivity contribution < 1.29 is 19.8 Å². The number of aliphatic hydroxyl groups excluding tert-OH is 1. The van der Waals surface area contributed by atoms with Gasteiger partial charge in [0.05, 0.1) is 6.04 Å². The second kappa shape index (κ2) is 4.29. The quantitative estimate of drug-likeness (QED) is 0.714. The number of nitrogens with one attached hydrogen (secondary N) is 1. The largest absolute Gasteiger partial charge is 0.503 e. The second-order valence-electron chi connectivity index (χ2n) is 3.78. The Hall–Kier alpha value is -2.30. The van der Waals surface area contributed by atoms with Gasteiger partial charge in [-0.25, -0.2) is 4.79 Å². The van der Waals surface area contributed by atoms with Crippen LogP contribution in [0, 0.1) is 0 Å². The number of carboxylic acids is 1. The van der Waals surface area contributed by atoms with Crippen LogP contribution in [0.15, 0.2) is 41.7 Å². The van der Waals surface area contributed by atoms with Crippen molar-refractivity contribution in [2.24, 2.45) is 0 Å². The van der Waals surface area contributed by atoms with Gasteiger partial charge >= 0.3 is 5.97 Å². The van der Waals surface area contributed by atoms with Crippen LogP contribution in [0.2, 0.25) is 0 Å². The fourth-order valence-corrected chi connectivity index (χ4v) is 1.84. The fraction of sp³-hybridized carbons (Fsp3) is 0.167. The number of hydrogen-bond acceptors (Lipinski definition) is 3. The molecule has 0 bridgehead atoms. The van der Waals surface area contributed by atoms with E-state index in [1.54, 1.807) is 0 Å². The van der Waals surface area contributed by atoms with Gasteiger partial charge in [0, 0.05) is 0 Å². The molecule has 5 nitrogen and oxygen atoms in total. The molecule has 1 unspecified atom stereocenters. The van der Waals surface area contributed by atoms with Gasteiger partial charge in [-0.1, -0.05) is 30.3 Å². The highest BCUT2D eigenvalue weighted by Gasteiger charge is 2.35. The van der Waals surface area contributed by atoms with E-state index in [-0.39, 0.29) is 5.57 Å². The molecule has 1 aromatic carbocycles. The van der Waals surface area contributed by atoms with Crippen LogP contribution >= 0.6 is 0 Å². The topological polar surface area (TPSA) is 86.6 Å². The summed E-state index contributed by atoms with van der Waals surface area (Å²) >= 11 is 0. The Balaban J connectivity index is 2.24. The maximum atomic E-state index is 11.2. The molecule has 1 atom stereocenters. The summed E-state index contributed by atoms with van der Waals surface area (Å²) in [6.07, 6.45) is 0.346. The van der Waals surface area contributed by atoms with Crippen LogP contribution in [0.1, 0.15) is 5.56 Å². The van der Waals surface area contributed by atoms with Gasteiger partial charge < -0.3 is 15.5 Å². The number of rotatable bonds is 3. The molecule has 17 heavy (non-hydrogen) atoms. The summed E-state index contributed by atoms with van der Waals surface area (Å²) in [5, 5.41) is 20.7. The number of aliphatic carboxylic acids is 1. The van der Waals surface area contributed by atoms with Crippen LogP contribution in [-0.2, 0) is 16.0 Å². The number of carboxylic acid groups (broad SMARTS) is 1. The predicted octanol–water partition coefficient (Wildman–Crippen LogP) is 0.624. The van der Waals surface area contributed by atoms with Gasteiger partial charge in [0.15, 0.2) is 5.76 Å². The third-order valence-corrected chi connectivity index (χ3v) is 2.64. The van der Waals surface area contributed by atoms with E-state index in [1.165, 1.54) is 0 Å². The fourth-order valence-electron chi connectivity index (χ4n) is 1.84. The smallest absolute Gasteiger partial charge is 0.337 e. The number of carbonyl (C=O) groups is 2. The molecule has 0 saturated carbocycles. The van der Waals surface area contributed by atoms with Crippen LogP contribution in [-0.4, -0.2) is 28.1 Å². The van der Waals surface area contributed by atoms with E-state index in [0.717, 1.165) is 5.56 Å². The lowest BCUT2D eigenvalue weighted by Gasteiger charge is -2.11. The minimum Gasteiger partial charge on any atom is -0.503 e. The lowest BCUT2D eigenvalue weighted by atomic mass is 10.0. The number of carbonyl (C=O) groups excluding carboxylic acids is 1. The summed E-state index contributed by atoms with van der Waals surface area (Å²) in [6.45, 7) is 0. The van der Waals surface area contributed by atoms with Gasteiger partial charge in [-0.3, -0.25) is 4.79 Å². The molecule has 0 radical (unpaired) electrons. The van der Waals surface area contributed by atoms with Crippen molar-refractivity contribution in [2.45, 2.75) is 12.5 Å². The summed E-state index contributed by atoms with van der Waals surface area (Å²) < 4.78 is 0. The average molecular weight is 233 g/mol. The molecule has 0 aliphatic carbocycles. The van der Waals surface area contributed by atoms with Crippen molar-refractivity contribution >= 4 is 11.9 Å². The molecule has 1 aromatic rings. The molecule has 1 aliphatic heterocycles. The average Bonchev–Trinajstić information content (AvgIpc) is 2.56. The third kappa shape index (κ3) is 2.13. The van der Waals surface area contributed by atoms with Gasteiger partial charge in [-0.2, -0.15) is 0 Å². The van der Waals surface area contributed by atoms with E-state index in [1.807, 2.05) is 30.3 Å². The van der Waals surface area contributed by atoms with Crippen molar-refractivity contribution in [1.29, 1.82) is 0 Å². The third-order valence-electron chi connectivity index (χ3n) is 2.64. The van der Waals surface area contributed by atoms with E-state index < -0.39 is 23.7 Å². The van der Waals surface area contributed by atoms with Gasteiger partial charge in [0.2, 0.25) is 0 Å². The summed E-state index contributed by atoms with van der Waals surface area (Å²) in [5.74, 6) is -2.71. The molecule has 88 valence electrons. The first-order valence-corrected chi connectivity index (χ1v) is 5.11. The van der Waals surface area contributed by atoms with Gasteiger partial charge in [0.1, 0.15) is 5.57 Å². The van der Waals surface area contributed by atoms with Crippen molar-refractivity contribution in [3.05, 3.63) is 47.2 Å². The summed E-state index contributed by atoms with van der Waals surface area (Å²) in [4.78, 5) is 22.2. The first kappa shape index (κ1) is 11.2. The van der Waals surface area contributed by atoms with Crippen LogP contribution < -0.4 is 5.32 Å². The molecule has 0 spiro atoms. The molecule has 0 aromatic heterocycles. The molecule has 3 N–H and O–H groups in total. The molecule has 2 rings (SSSR count). The molecule has 1 amide bonds. The standard InChI is InChI=1S/C12H11NO4/c14-10-9(12(16)17)8(13-11(10)15)6-7-4-2-1-3-5-7/h1-5,8,14H,6H2,(H,13,15)(H,16,17). The highest BCUT2D eigenvalue weighted by molar-refractivity contribution is 6.05. The normalized spacial score (nSPS) is 19.3. The van der Waals surface area contributed by atoms with Crippen LogP contribution in [0.25, 0.3) is 0 Å². The van der Waals surface area contributed by atoms with Gasteiger partial charge in [-0.05, 0) is 12.0 Å². The Morgan fingerprint density at radius 1 is 1.29 bits per heavy atom. The van der Waals surface area contributed by atoms with Crippen LogP contribution in [0.5, 0.6) is 0 Å². The summed E-state index contributed by atoms with van der Waals surface area (Å²) in [5.41, 5.74) is 0.630. The van der Waals surface area contributed by atoms with E-state index in [9.17, 15) is 14.7 Å². The first-order valence-electron chi connectivity index (χ1n) is 5.11. The zero-order chi connectivity index (χ0) is 12.4. The van der Waals surface area contributed by atoms with E-state index in [4.69, 9.17) is 5.11 Å². The molecule has 0 fully saturated rings. The second-order valence-corrected chi connectivity index (χ2v) is 3.78. The minimum atomic E-state index is -1.28. The molecular formula is C12H11NO4. The van der Waals surface area contributed by atoms with Crippen molar-refractivity contribution in [3.63, 3.8) is 0 Å². The lowest BCUT2D eigenvalue weighted by Crippen LogP contribution is -2.32. The Labute approximate surface area is 97.4 Å². The summed E-state index contributed by atoms with van der Waals surface area (Å²) in [6, 6.07) is 8.50. The van der Waals surface area contributed by atoms with Crippen molar-refractivity contribution in [2.75, 3.05) is 0 Å². The highest BCUT2D eigenvalue weighted by Crippen LogP contribution is 2.19. The maximum absolute atomic E-state index is 11.2. The van der Waals surface area contributed by atoms with Crippen molar-refractivity contribution in [3.8, 4) is 0 Å². The van der Waals surface area contributed by atoms with Crippen LogP contribution in [0.4, 0.5) is 0 Å². The Morgan fingerprint density at radius 3 is 2.53 bits per heavy atom. The number of aliphatic hydroxyl groups is 1. The molecule has 1 aliphatic rings. The van der Waals surface area contributed by atoms with Crippen LogP contribution in [0.3, 0.4) is 0 Å². The SMILES string of the molecule is O=C(O)C1=C(O)C(=O)NC1Cc1ccccc1. The maximum Gasteiger partial charge on any atom is 0.337 e. The number of benzene rings is 1. The van der Waals surface area contributed by atoms with E-state index >= 15 is 0 Å². The minimum absolute atomic E-state index is 0.265. The van der Waals surface area contributed by atoms with E-state index in [2.05, 4.69) is 5.32 Å². The monoisotopic (exact) mass is 233 g/mol. The zero-order valence-corrected chi connectivity index (χ0v) is 8.88. The number of hydrogen-bond donors (Lipinski definition) is 3. The lowest BCUT2D eigenvalue weighted by molar-refractivity contribution is -0.133. The molecule has 1 heterocycles. The Morgan fingerprint density at radius 2 is 1.94 bits per heavy atom. The predicted molar refractivity (Wildman–Crippen MR) is 59.4 cm³/mol.